The van der Waals surface area contributed by atoms with Crippen LogP contribution in [0.1, 0.15) is 12.5 Å². The number of carbonyl (C=O) groups is 2. The van der Waals surface area contributed by atoms with Gasteiger partial charge in [0, 0.05) is 13.0 Å². The molecule has 0 aliphatic heterocycles. The average molecular weight is 333 g/mol. The average Bonchev–Trinajstić information content (AvgIpc) is 2.61. The van der Waals surface area contributed by atoms with E-state index >= 15 is 0 Å². The molecule has 1 aromatic carbocycles. The predicted octanol–water partition coefficient (Wildman–Crippen LogP) is 2.38. The summed E-state index contributed by atoms with van der Waals surface area (Å²) in [7, 11) is 2.83. The van der Waals surface area contributed by atoms with Crippen LogP contribution in [0.3, 0.4) is 0 Å². The van der Waals surface area contributed by atoms with E-state index < -0.39 is 5.97 Å². The standard InChI is InChI=1S/C15H15NO4.C2H4O2/c1-11(17)20-15-8-13(18-2)14(9-16-15)19-10-12-6-4-3-5-7-12;1-4-2-3/h3-9H,10H2,1-2H3;2H,1H3. The van der Waals surface area contributed by atoms with E-state index in [9.17, 15) is 4.79 Å². The first-order valence-electron chi connectivity index (χ1n) is 6.96. The summed E-state index contributed by atoms with van der Waals surface area (Å²) in [6.07, 6.45) is 1.47. The van der Waals surface area contributed by atoms with Crippen LogP contribution in [0.2, 0.25) is 0 Å². The number of benzene rings is 1. The highest BCUT2D eigenvalue weighted by atomic mass is 16.5. The second kappa shape index (κ2) is 10.6. The summed E-state index contributed by atoms with van der Waals surface area (Å²) in [6.45, 7) is 2.10. The molecule has 0 spiro atoms. The summed E-state index contributed by atoms with van der Waals surface area (Å²) in [5, 5.41) is 0. The molecule has 2 rings (SSSR count). The van der Waals surface area contributed by atoms with E-state index in [2.05, 4.69) is 9.72 Å². The topological polar surface area (TPSA) is 84.0 Å². The van der Waals surface area contributed by atoms with Crippen molar-refractivity contribution in [3.8, 4) is 17.4 Å². The lowest BCUT2D eigenvalue weighted by Crippen LogP contribution is -2.04. The molecule has 7 nitrogen and oxygen atoms in total. The van der Waals surface area contributed by atoms with Gasteiger partial charge in [0.15, 0.2) is 11.5 Å². The molecular weight excluding hydrogens is 314 g/mol. The Bertz CT molecular complexity index is 645. The molecule has 0 N–H and O–H groups in total. The molecule has 2 aromatic rings. The van der Waals surface area contributed by atoms with Crippen molar-refractivity contribution in [2.24, 2.45) is 0 Å². The molecule has 24 heavy (non-hydrogen) atoms. The fourth-order valence-electron chi connectivity index (χ4n) is 1.61. The molecule has 1 heterocycles. The lowest BCUT2D eigenvalue weighted by atomic mass is 10.2. The highest BCUT2D eigenvalue weighted by Crippen LogP contribution is 2.29. The van der Waals surface area contributed by atoms with Gasteiger partial charge in [-0.15, -0.1) is 0 Å². The molecule has 0 atom stereocenters. The lowest BCUT2D eigenvalue weighted by molar-refractivity contribution is -0.132. The Morgan fingerprint density at radius 2 is 1.83 bits per heavy atom. The van der Waals surface area contributed by atoms with Gasteiger partial charge < -0.3 is 18.9 Å². The first kappa shape index (κ1) is 19.0. The normalized spacial score (nSPS) is 9.12. The van der Waals surface area contributed by atoms with Crippen molar-refractivity contribution in [3.05, 3.63) is 48.2 Å². The van der Waals surface area contributed by atoms with Crippen LogP contribution in [0.25, 0.3) is 0 Å². The third-order valence-electron chi connectivity index (χ3n) is 2.61. The van der Waals surface area contributed by atoms with Gasteiger partial charge in [0.25, 0.3) is 6.47 Å². The Labute approximate surface area is 140 Å². The van der Waals surface area contributed by atoms with Gasteiger partial charge in [-0.1, -0.05) is 30.3 Å². The smallest absolute Gasteiger partial charge is 0.309 e. The minimum absolute atomic E-state index is 0.182. The van der Waals surface area contributed by atoms with Crippen molar-refractivity contribution in [1.82, 2.24) is 4.98 Å². The number of aromatic nitrogens is 1. The van der Waals surface area contributed by atoms with Gasteiger partial charge in [-0.05, 0) is 5.56 Å². The molecule has 0 fully saturated rings. The van der Waals surface area contributed by atoms with E-state index in [1.54, 1.807) is 0 Å². The van der Waals surface area contributed by atoms with E-state index in [1.165, 1.54) is 33.4 Å². The molecule has 0 radical (unpaired) electrons. The van der Waals surface area contributed by atoms with Crippen LogP contribution in [-0.4, -0.2) is 31.6 Å². The van der Waals surface area contributed by atoms with Crippen molar-refractivity contribution >= 4 is 12.4 Å². The van der Waals surface area contributed by atoms with Crippen molar-refractivity contribution in [2.45, 2.75) is 13.5 Å². The van der Waals surface area contributed by atoms with Crippen molar-refractivity contribution in [3.63, 3.8) is 0 Å². The molecular formula is C17H19NO6. The molecule has 128 valence electrons. The van der Waals surface area contributed by atoms with Gasteiger partial charge in [-0.2, -0.15) is 0 Å². The first-order valence-corrected chi connectivity index (χ1v) is 6.96. The van der Waals surface area contributed by atoms with Gasteiger partial charge in [0.2, 0.25) is 5.88 Å². The summed E-state index contributed by atoms with van der Waals surface area (Å²) >= 11 is 0. The van der Waals surface area contributed by atoms with E-state index in [0.717, 1.165) is 5.56 Å². The van der Waals surface area contributed by atoms with Gasteiger partial charge in [0.1, 0.15) is 6.61 Å². The molecule has 0 aliphatic carbocycles. The number of nitrogens with zero attached hydrogens (tertiary/aromatic N) is 1. The van der Waals surface area contributed by atoms with E-state index in [4.69, 9.17) is 19.0 Å². The second-order valence-electron chi connectivity index (χ2n) is 4.37. The van der Waals surface area contributed by atoms with Gasteiger partial charge in [-0.3, -0.25) is 9.59 Å². The summed E-state index contributed by atoms with van der Waals surface area (Å²) in [5.41, 5.74) is 1.04. The van der Waals surface area contributed by atoms with Crippen LogP contribution in [0.5, 0.6) is 17.4 Å². The third kappa shape index (κ3) is 6.78. The fourth-order valence-corrected chi connectivity index (χ4v) is 1.61. The predicted molar refractivity (Wildman–Crippen MR) is 85.9 cm³/mol. The number of ether oxygens (including phenoxy) is 4. The van der Waals surface area contributed by atoms with Crippen LogP contribution >= 0.6 is 0 Å². The van der Waals surface area contributed by atoms with Crippen LogP contribution in [-0.2, 0) is 20.9 Å². The monoisotopic (exact) mass is 333 g/mol. The SMILES string of the molecule is COC=O.COc1cc(OC(C)=O)ncc1OCc1ccccc1. The van der Waals surface area contributed by atoms with E-state index in [1.807, 2.05) is 30.3 Å². The Kier molecular flexibility index (Phi) is 8.38. The fraction of sp³-hybridized carbons (Fsp3) is 0.235. The maximum Gasteiger partial charge on any atom is 0.309 e. The number of carbonyl (C=O) groups excluding carboxylic acids is 2. The largest absolute Gasteiger partial charge is 0.493 e. The molecule has 0 amide bonds. The number of hydrogen-bond acceptors (Lipinski definition) is 7. The van der Waals surface area contributed by atoms with Crippen molar-refractivity contribution < 1.29 is 28.5 Å². The quantitative estimate of drug-likeness (QED) is 0.593. The van der Waals surface area contributed by atoms with Crippen LogP contribution in [0, 0.1) is 0 Å². The Balaban J connectivity index is 0.000000648. The molecule has 1 aromatic heterocycles. The van der Waals surface area contributed by atoms with Crippen LogP contribution in [0.15, 0.2) is 42.6 Å². The Morgan fingerprint density at radius 3 is 2.38 bits per heavy atom. The summed E-state index contributed by atoms with van der Waals surface area (Å²) in [4.78, 5) is 23.8. The number of rotatable bonds is 6. The van der Waals surface area contributed by atoms with Gasteiger partial charge >= 0.3 is 5.97 Å². The minimum atomic E-state index is -0.433. The molecule has 0 saturated heterocycles. The summed E-state index contributed by atoms with van der Waals surface area (Å²) < 4.78 is 19.6. The van der Waals surface area contributed by atoms with Crippen molar-refractivity contribution in [1.29, 1.82) is 0 Å². The maximum atomic E-state index is 10.9. The maximum absolute atomic E-state index is 10.9. The lowest BCUT2D eigenvalue weighted by Gasteiger charge is -2.11. The molecule has 0 unspecified atom stereocenters. The van der Waals surface area contributed by atoms with E-state index in [0.29, 0.717) is 24.6 Å². The van der Waals surface area contributed by atoms with Crippen molar-refractivity contribution in [2.75, 3.05) is 14.2 Å². The number of pyridine rings is 1. The van der Waals surface area contributed by atoms with Crippen LogP contribution < -0.4 is 14.2 Å². The second-order valence-corrected chi connectivity index (χ2v) is 4.37. The molecule has 7 heteroatoms. The zero-order valence-corrected chi connectivity index (χ0v) is 13.7. The molecule has 0 aliphatic rings. The minimum Gasteiger partial charge on any atom is -0.493 e. The number of methoxy groups -OCH3 is 2. The summed E-state index contributed by atoms with van der Waals surface area (Å²) in [5.74, 6) is 0.707. The Morgan fingerprint density at radius 1 is 1.17 bits per heavy atom. The third-order valence-corrected chi connectivity index (χ3v) is 2.61. The molecule has 0 bridgehead atoms. The number of hydrogen-bond donors (Lipinski definition) is 0. The van der Waals surface area contributed by atoms with E-state index in [-0.39, 0.29) is 5.88 Å². The highest BCUT2D eigenvalue weighted by molar-refractivity contribution is 5.69. The summed E-state index contributed by atoms with van der Waals surface area (Å²) in [6, 6.07) is 11.3. The number of esters is 1. The zero-order valence-electron chi connectivity index (χ0n) is 13.7. The van der Waals surface area contributed by atoms with Gasteiger partial charge in [-0.25, -0.2) is 4.98 Å². The Hall–Kier alpha value is -3.09. The highest BCUT2D eigenvalue weighted by Gasteiger charge is 2.09. The van der Waals surface area contributed by atoms with Gasteiger partial charge in [0.05, 0.1) is 20.4 Å². The first-order chi connectivity index (χ1) is 11.6. The molecule has 0 saturated carbocycles. The van der Waals surface area contributed by atoms with Crippen LogP contribution in [0.4, 0.5) is 0 Å². The zero-order chi connectivity index (χ0) is 17.8.